The minimum atomic E-state index is -0.0990. The Kier molecular flexibility index (Phi) is 6.47. The summed E-state index contributed by atoms with van der Waals surface area (Å²) in [5.74, 6) is 0. The van der Waals surface area contributed by atoms with E-state index in [0.29, 0.717) is 0 Å². The lowest BCUT2D eigenvalue weighted by Gasteiger charge is -2.31. The van der Waals surface area contributed by atoms with Gasteiger partial charge in [-0.15, -0.1) is 0 Å². The molecule has 170 valence electrons. The quantitative estimate of drug-likeness (QED) is 0.406. The largest absolute Gasteiger partial charge is 0.398 e. The van der Waals surface area contributed by atoms with Crippen LogP contribution in [-0.2, 0) is 23.7 Å². The molecule has 0 bridgehead atoms. The van der Waals surface area contributed by atoms with E-state index in [0.717, 1.165) is 35.3 Å². The molecular weight excluding hydrogens is 388 g/mol. The number of hydrogen-bond donors (Lipinski definition) is 2. The third-order valence-corrected chi connectivity index (χ3v) is 7.48. The van der Waals surface area contributed by atoms with Crippen molar-refractivity contribution in [3.63, 3.8) is 0 Å². The first-order valence-electron chi connectivity index (χ1n) is 11.8. The van der Waals surface area contributed by atoms with Crippen LogP contribution in [-0.4, -0.2) is 0 Å². The highest BCUT2D eigenvalue weighted by Gasteiger charge is 2.28. The maximum atomic E-state index is 6.30. The van der Waals surface area contributed by atoms with Gasteiger partial charge in [0.25, 0.3) is 0 Å². The number of nitrogens with two attached hydrogens (primary N) is 2. The Balaban J connectivity index is 2.00. The number of anilines is 2. The molecule has 0 heterocycles. The van der Waals surface area contributed by atoms with Crippen LogP contribution < -0.4 is 11.5 Å². The van der Waals surface area contributed by atoms with Crippen molar-refractivity contribution in [2.24, 2.45) is 0 Å². The van der Waals surface area contributed by atoms with Gasteiger partial charge in [-0.25, -0.2) is 0 Å². The van der Waals surface area contributed by atoms with Gasteiger partial charge >= 0.3 is 0 Å². The zero-order chi connectivity index (χ0) is 23.8. The highest BCUT2D eigenvalue weighted by molar-refractivity contribution is 5.59. The second kappa shape index (κ2) is 8.65. The zero-order valence-electron chi connectivity index (χ0n) is 21.2. The Bertz CT molecular complexity index is 1030. The molecule has 2 heteroatoms. The Morgan fingerprint density at radius 3 is 1.16 bits per heavy atom. The van der Waals surface area contributed by atoms with Crippen molar-refractivity contribution >= 4 is 11.4 Å². The van der Waals surface area contributed by atoms with Gasteiger partial charge in [0.2, 0.25) is 0 Å². The molecule has 0 aliphatic rings. The zero-order valence-corrected chi connectivity index (χ0v) is 21.2. The molecular formula is C30H40N2. The van der Waals surface area contributed by atoms with Crippen molar-refractivity contribution in [2.75, 3.05) is 11.5 Å². The van der Waals surface area contributed by atoms with E-state index in [1.165, 1.54) is 33.4 Å². The standard InChI is InChI=1S/C30H40N2/c1-9-21-17-25(15-19(3)27(21)31)29(5,6)23-11-13-24(14-12-23)30(7,8)26-16-20(4)28(32)22(10-2)18-26/h11-18H,9-10,31-32H2,1-8H3. The number of rotatable bonds is 6. The molecule has 0 aliphatic heterocycles. The molecule has 0 unspecified atom stereocenters. The van der Waals surface area contributed by atoms with Gasteiger partial charge in [-0.1, -0.05) is 90.1 Å². The first-order valence-corrected chi connectivity index (χ1v) is 11.8. The molecule has 0 saturated heterocycles. The average molecular weight is 429 g/mol. The summed E-state index contributed by atoms with van der Waals surface area (Å²) in [6.45, 7) is 17.8. The van der Waals surface area contributed by atoms with Gasteiger partial charge in [0.05, 0.1) is 0 Å². The normalized spacial score (nSPS) is 12.2. The molecule has 0 radical (unpaired) electrons. The van der Waals surface area contributed by atoms with E-state index in [2.05, 4.69) is 104 Å². The van der Waals surface area contributed by atoms with Gasteiger partial charge in [0.1, 0.15) is 0 Å². The molecule has 0 fully saturated rings. The molecule has 3 aromatic carbocycles. The van der Waals surface area contributed by atoms with E-state index in [1.54, 1.807) is 0 Å². The fraction of sp³-hybridized carbons (Fsp3) is 0.400. The summed E-state index contributed by atoms with van der Waals surface area (Å²) in [6.07, 6.45) is 1.90. The third-order valence-electron chi connectivity index (χ3n) is 7.48. The Hall–Kier alpha value is -2.74. The van der Waals surface area contributed by atoms with Crippen LogP contribution in [0.25, 0.3) is 0 Å². The maximum absolute atomic E-state index is 6.30. The molecule has 32 heavy (non-hydrogen) atoms. The van der Waals surface area contributed by atoms with Crippen molar-refractivity contribution in [3.8, 4) is 0 Å². The number of hydrogen-bond acceptors (Lipinski definition) is 2. The van der Waals surface area contributed by atoms with Crippen molar-refractivity contribution in [1.29, 1.82) is 0 Å². The predicted molar refractivity (Wildman–Crippen MR) is 141 cm³/mol. The minimum Gasteiger partial charge on any atom is -0.398 e. The lowest BCUT2D eigenvalue weighted by molar-refractivity contribution is 0.625. The summed E-state index contributed by atoms with van der Waals surface area (Å²) in [4.78, 5) is 0. The third kappa shape index (κ3) is 4.16. The van der Waals surface area contributed by atoms with E-state index in [9.17, 15) is 0 Å². The molecule has 4 N–H and O–H groups in total. The summed E-state index contributed by atoms with van der Waals surface area (Å²) < 4.78 is 0. The highest BCUT2D eigenvalue weighted by atomic mass is 14.6. The highest BCUT2D eigenvalue weighted by Crippen LogP contribution is 2.38. The summed E-state index contributed by atoms with van der Waals surface area (Å²) in [5, 5.41) is 0. The van der Waals surface area contributed by atoms with Gasteiger partial charge in [-0.2, -0.15) is 0 Å². The lowest BCUT2D eigenvalue weighted by atomic mass is 9.73. The second-order valence-corrected chi connectivity index (χ2v) is 10.3. The molecule has 3 aromatic rings. The SMILES string of the molecule is CCc1cc(C(C)(C)c2ccc(C(C)(C)c3cc(C)c(N)c(CC)c3)cc2)cc(C)c1N. The fourth-order valence-corrected chi connectivity index (χ4v) is 4.69. The molecule has 2 nitrogen and oxygen atoms in total. The molecule has 0 amide bonds. The van der Waals surface area contributed by atoms with E-state index in [1.807, 2.05) is 0 Å². The maximum Gasteiger partial charge on any atom is 0.0376 e. The van der Waals surface area contributed by atoms with E-state index >= 15 is 0 Å². The van der Waals surface area contributed by atoms with E-state index < -0.39 is 0 Å². The number of nitrogen functional groups attached to an aromatic ring is 2. The average Bonchev–Trinajstić information content (AvgIpc) is 2.77. The van der Waals surface area contributed by atoms with Crippen molar-refractivity contribution in [1.82, 2.24) is 0 Å². The molecule has 0 saturated carbocycles. The number of aryl methyl sites for hydroxylation is 4. The van der Waals surface area contributed by atoms with E-state index in [-0.39, 0.29) is 10.8 Å². The van der Waals surface area contributed by atoms with E-state index in [4.69, 9.17) is 11.5 Å². The minimum absolute atomic E-state index is 0.0990. The van der Waals surface area contributed by atoms with Crippen LogP contribution in [0.3, 0.4) is 0 Å². The fourth-order valence-electron chi connectivity index (χ4n) is 4.69. The van der Waals surface area contributed by atoms with Crippen LogP contribution in [0.15, 0.2) is 48.5 Å². The monoisotopic (exact) mass is 428 g/mol. The van der Waals surface area contributed by atoms with Gasteiger partial charge in [-0.05, 0) is 71.2 Å². The molecule has 0 aliphatic carbocycles. The topological polar surface area (TPSA) is 52.0 Å². The van der Waals surface area contributed by atoms with Crippen molar-refractivity contribution in [3.05, 3.63) is 93.0 Å². The van der Waals surface area contributed by atoms with Crippen molar-refractivity contribution in [2.45, 2.75) is 79.1 Å². The Morgan fingerprint density at radius 1 is 0.562 bits per heavy atom. The first kappa shape index (κ1) is 23.9. The first-order chi connectivity index (χ1) is 14.9. The van der Waals surface area contributed by atoms with Crippen molar-refractivity contribution < 1.29 is 0 Å². The molecule has 0 atom stereocenters. The summed E-state index contributed by atoms with van der Waals surface area (Å²) >= 11 is 0. The lowest BCUT2D eigenvalue weighted by Crippen LogP contribution is -2.22. The summed E-state index contributed by atoms with van der Waals surface area (Å²) in [6, 6.07) is 18.2. The molecule has 3 rings (SSSR count). The van der Waals surface area contributed by atoms with Gasteiger partial charge in [0, 0.05) is 22.2 Å². The van der Waals surface area contributed by atoms with Gasteiger partial charge in [0.15, 0.2) is 0 Å². The van der Waals surface area contributed by atoms with Crippen LogP contribution in [0.2, 0.25) is 0 Å². The molecule has 0 aromatic heterocycles. The van der Waals surface area contributed by atoms with Crippen LogP contribution in [0.4, 0.5) is 11.4 Å². The summed E-state index contributed by atoms with van der Waals surface area (Å²) in [7, 11) is 0. The number of benzene rings is 3. The van der Waals surface area contributed by atoms with Crippen LogP contribution in [0.5, 0.6) is 0 Å². The Morgan fingerprint density at radius 2 is 0.875 bits per heavy atom. The van der Waals surface area contributed by atoms with Gasteiger partial charge in [-0.3, -0.25) is 0 Å². The van der Waals surface area contributed by atoms with Gasteiger partial charge < -0.3 is 11.5 Å². The second-order valence-electron chi connectivity index (χ2n) is 10.3. The predicted octanol–water partition coefficient (Wildman–Crippen LogP) is 7.24. The molecule has 0 spiro atoms. The Labute approximate surface area is 195 Å². The van der Waals surface area contributed by atoms with Crippen LogP contribution in [0.1, 0.15) is 86.1 Å². The van der Waals surface area contributed by atoms with Crippen LogP contribution in [0, 0.1) is 13.8 Å². The summed E-state index contributed by atoms with van der Waals surface area (Å²) in [5.41, 5.74) is 24.3. The smallest absolute Gasteiger partial charge is 0.0376 e. The van der Waals surface area contributed by atoms with Crippen LogP contribution >= 0.6 is 0 Å².